The van der Waals surface area contributed by atoms with E-state index < -0.39 is 0 Å². The van der Waals surface area contributed by atoms with Gasteiger partial charge >= 0.3 is 0 Å². The summed E-state index contributed by atoms with van der Waals surface area (Å²) < 4.78 is 2.12. The Balaban J connectivity index is 2.75. The van der Waals surface area contributed by atoms with Crippen LogP contribution < -0.4 is 5.32 Å². The van der Waals surface area contributed by atoms with Crippen LogP contribution in [0.25, 0.3) is 0 Å². The van der Waals surface area contributed by atoms with E-state index in [0.29, 0.717) is 12.0 Å². The van der Waals surface area contributed by atoms with Gasteiger partial charge in [-0.3, -0.25) is 0 Å². The number of nitrogens with one attached hydrogen (secondary N) is 1. The van der Waals surface area contributed by atoms with Gasteiger partial charge in [0, 0.05) is 24.9 Å². The number of hydrogen-bond acceptors (Lipinski definition) is 3. The van der Waals surface area contributed by atoms with E-state index in [-0.39, 0.29) is 5.54 Å². The molecule has 0 aliphatic rings. The Bertz CT molecular complexity index is 389. The van der Waals surface area contributed by atoms with Gasteiger partial charge in [0.15, 0.2) is 5.82 Å². The van der Waals surface area contributed by atoms with Crippen molar-refractivity contribution in [1.29, 1.82) is 0 Å². The summed E-state index contributed by atoms with van der Waals surface area (Å²) in [5, 5.41) is 8.21. The Morgan fingerprint density at radius 1 is 1.16 bits per heavy atom. The number of nitrogens with zero attached hydrogens (tertiary/aromatic N) is 3. The standard InChI is InChI=1S/C15H30N4/c1-8-13-17-14(9-2)19(18-13)12(4)11(3)10-16-15(5,6)7/h11-12,16H,8-10H2,1-7H3. The molecule has 4 heteroatoms. The molecule has 0 amide bonds. The van der Waals surface area contributed by atoms with E-state index in [1.807, 2.05) is 0 Å². The largest absolute Gasteiger partial charge is 0.312 e. The highest BCUT2D eigenvalue weighted by atomic mass is 15.4. The molecule has 1 aromatic heterocycles. The first kappa shape index (κ1) is 16.2. The van der Waals surface area contributed by atoms with E-state index in [4.69, 9.17) is 0 Å². The van der Waals surface area contributed by atoms with Crippen LogP contribution in [-0.2, 0) is 12.8 Å². The van der Waals surface area contributed by atoms with Gasteiger partial charge in [-0.1, -0.05) is 20.8 Å². The molecule has 0 bridgehead atoms. The first-order valence-corrected chi connectivity index (χ1v) is 7.47. The van der Waals surface area contributed by atoms with Crippen molar-refractivity contribution in [2.75, 3.05) is 6.54 Å². The van der Waals surface area contributed by atoms with E-state index in [0.717, 1.165) is 31.0 Å². The molecule has 1 rings (SSSR count). The summed E-state index contributed by atoms with van der Waals surface area (Å²) in [6, 6.07) is 0.373. The van der Waals surface area contributed by atoms with Crippen molar-refractivity contribution in [3.8, 4) is 0 Å². The molecule has 2 atom stereocenters. The van der Waals surface area contributed by atoms with Crippen LogP contribution in [0.1, 0.15) is 66.2 Å². The van der Waals surface area contributed by atoms with Gasteiger partial charge in [-0.25, -0.2) is 9.67 Å². The summed E-state index contributed by atoms with van der Waals surface area (Å²) in [7, 11) is 0. The SMILES string of the molecule is CCc1nc(CC)n(C(C)C(C)CNC(C)(C)C)n1. The number of aryl methyl sites for hydroxylation is 2. The second-order valence-corrected chi connectivity index (χ2v) is 6.44. The van der Waals surface area contributed by atoms with Gasteiger partial charge in [-0.05, 0) is 33.6 Å². The fraction of sp³-hybridized carbons (Fsp3) is 0.867. The summed E-state index contributed by atoms with van der Waals surface area (Å²) in [6.07, 6.45) is 1.85. The molecule has 0 spiro atoms. The van der Waals surface area contributed by atoms with Gasteiger partial charge in [0.05, 0.1) is 6.04 Å². The van der Waals surface area contributed by atoms with Gasteiger partial charge in [0.25, 0.3) is 0 Å². The Hall–Kier alpha value is -0.900. The highest BCUT2D eigenvalue weighted by Gasteiger charge is 2.20. The van der Waals surface area contributed by atoms with Crippen LogP contribution in [-0.4, -0.2) is 26.8 Å². The zero-order chi connectivity index (χ0) is 14.6. The van der Waals surface area contributed by atoms with Crippen LogP contribution in [0.2, 0.25) is 0 Å². The van der Waals surface area contributed by atoms with Crippen LogP contribution >= 0.6 is 0 Å². The second-order valence-electron chi connectivity index (χ2n) is 6.44. The molecule has 0 aliphatic carbocycles. The van der Waals surface area contributed by atoms with Crippen molar-refractivity contribution in [3.05, 3.63) is 11.6 Å². The van der Waals surface area contributed by atoms with Crippen molar-refractivity contribution < 1.29 is 0 Å². The van der Waals surface area contributed by atoms with Gasteiger partial charge in [-0.2, -0.15) is 5.10 Å². The minimum atomic E-state index is 0.165. The average molecular weight is 266 g/mol. The molecule has 0 radical (unpaired) electrons. The second kappa shape index (κ2) is 6.51. The minimum Gasteiger partial charge on any atom is -0.312 e. The lowest BCUT2D eigenvalue weighted by atomic mass is 10.0. The zero-order valence-electron chi connectivity index (χ0n) is 13.6. The highest BCUT2D eigenvalue weighted by molar-refractivity contribution is 4.95. The molecule has 0 fully saturated rings. The Morgan fingerprint density at radius 2 is 1.79 bits per heavy atom. The van der Waals surface area contributed by atoms with E-state index in [9.17, 15) is 0 Å². The smallest absolute Gasteiger partial charge is 0.150 e. The molecule has 0 saturated carbocycles. The third kappa shape index (κ3) is 4.60. The van der Waals surface area contributed by atoms with Crippen LogP contribution in [0.3, 0.4) is 0 Å². The molecule has 19 heavy (non-hydrogen) atoms. The van der Waals surface area contributed by atoms with Gasteiger partial charge in [-0.15, -0.1) is 0 Å². The van der Waals surface area contributed by atoms with E-state index in [2.05, 4.69) is 68.5 Å². The van der Waals surface area contributed by atoms with E-state index in [1.54, 1.807) is 0 Å². The van der Waals surface area contributed by atoms with Crippen molar-refractivity contribution in [2.24, 2.45) is 5.92 Å². The van der Waals surface area contributed by atoms with Gasteiger partial charge < -0.3 is 5.32 Å². The Morgan fingerprint density at radius 3 is 2.26 bits per heavy atom. The molecular formula is C15H30N4. The van der Waals surface area contributed by atoms with Crippen molar-refractivity contribution in [3.63, 3.8) is 0 Å². The summed E-state index contributed by atoms with van der Waals surface area (Å²) in [5.74, 6) is 2.59. The molecule has 0 aromatic carbocycles. The normalized spacial score (nSPS) is 15.5. The van der Waals surface area contributed by atoms with E-state index >= 15 is 0 Å². The third-order valence-electron chi connectivity index (χ3n) is 3.54. The van der Waals surface area contributed by atoms with Crippen molar-refractivity contribution in [1.82, 2.24) is 20.1 Å². The molecule has 2 unspecified atom stereocenters. The number of rotatable bonds is 6. The predicted octanol–water partition coefficient (Wildman–Crippen LogP) is 2.99. The van der Waals surface area contributed by atoms with Crippen molar-refractivity contribution in [2.45, 2.75) is 72.9 Å². The van der Waals surface area contributed by atoms with Crippen molar-refractivity contribution >= 4 is 0 Å². The first-order chi connectivity index (χ1) is 8.78. The first-order valence-electron chi connectivity index (χ1n) is 7.47. The van der Waals surface area contributed by atoms with Crippen LogP contribution in [0.4, 0.5) is 0 Å². The fourth-order valence-electron chi connectivity index (χ4n) is 2.00. The zero-order valence-corrected chi connectivity index (χ0v) is 13.6. The lowest BCUT2D eigenvalue weighted by molar-refractivity contribution is 0.296. The van der Waals surface area contributed by atoms with Gasteiger partial charge in [0.2, 0.25) is 0 Å². The number of hydrogen-bond donors (Lipinski definition) is 1. The third-order valence-corrected chi connectivity index (χ3v) is 3.54. The maximum atomic E-state index is 4.64. The van der Waals surface area contributed by atoms with Gasteiger partial charge in [0.1, 0.15) is 5.82 Å². The molecule has 0 aliphatic heterocycles. The fourth-order valence-corrected chi connectivity index (χ4v) is 2.00. The summed E-state index contributed by atoms with van der Waals surface area (Å²) in [4.78, 5) is 4.59. The lowest BCUT2D eigenvalue weighted by Crippen LogP contribution is -2.40. The maximum Gasteiger partial charge on any atom is 0.150 e. The quantitative estimate of drug-likeness (QED) is 0.860. The summed E-state index contributed by atoms with van der Waals surface area (Å²) >= 11 is 0. The molecule has 1 heterocycles. The average Bonchev–Trinajstić information content (AvgIpc) is 2.77. The van der Waals surface area contributed by atoms with Crippen LogP contribution in [0.15, 0.2) is 0 Å². The molecular weight excluding hydrogens is 236 g/mol. The molecule has 110 valence electrons. The number of aromatic nitrogens is 3. The van der Waals surface area contributed by atoms with E-state index in [1.165, 1.54) is 0 Å². The van der Waals surface area contributed by atoms with Crippen LogP contribution in [0, 0.1) is 5.92 Å². The lowest BCUT2D eigenvalue weighted by Gasteiger charge is -2.27. The van der Waals surface area contributed by atoms with Crippen LogP contribution in [0.5, 0.6) is 0 Å². The Labute approximate surface area is 118 Å². The molecule has 1 aromatic rings. The minimum absolute atomic E-state index is 0.165. The highest BCUT2D eigenvalue weighted by Crippen LogP contribution is 2.19. The molecule has 4 nitrogen and oxygen atoms in total. The molecule has 1 N–H and O–H groups in total. The monoisotopic (exact) mass is 266 g/mol. The maximum absolute atomic E-state index is 4.64. The topological polar surface area (TPSA) is 42.7 Å². The molecule has 0 saturated heterocycles. The summed E-state index contributed by atoms with van der Waals surface area (Å²) in [6.45, 7) is 16.4. The Kier molecular flexibility index (Phi) is 5.53. The summed E-state index contributed by atoms with van der Waals surface area (Å²) in [5.41, 5.74) is 0.165. The predicted molar refractivity (Wildman–Crippen MR) is 80.4 cm³/mol.